The van der Waals surface area contributed by atoms with Gasteiger partial charge in [-0.2, -0.15) is 0 Å². The Hall–Kier alpha value is -1.17. The van der Waals surface area contributed by atoms with E-state index in [-0.39, 0.29) is 11.9 Å². The average Bonchev–Trinajstić information content (AvgIpc) is 3.10. The topological polar surface area (TPSA) is 30.9 Å². The van der Waals surface area contributed by atoms with Crippen LogP contribution in [0.1, 0.15) is 45.2 Å². The van der Waals surface area contributed by atoms with Crippen LogP contribution in [-0.2, 0) is 9.47 Å². The molecule has 2 aliphatic heterocycles. The molecule has 0 radical (unpaired) electrons. The van der Waals surface area contributed by atoms with Crippen molar-refractivity contribution in [1.82, 2.24) is 4.90 Å². The van der Waals surface area contributed by atoms with Gasteiger partial charge in [0, 0.05) is 12.1 Å². The molecular formula is C18H26FNO3. The molecule has 5 heteroatoms. The monoisotopic (exact) mass is 323 g/mol. The zero-order valence-corrected chi connectivity index (χ0v) is 14.2. The highest BCUT2D eigenvalue weighted by atomic mass is 19.1. The molecule has 1 aromatic carbocycles. The fourth-order valence-corrected chi connectivity index (χ4v) is 3.48. The van der Waals surface area contributed by atoms with Crippen LogP contribution in [0, 0.1) is 5.82 Å². The predicted octanol–water partition coefficient (Wildman–Crippen LogP) is 3.51. The van der Waals surface area contributed by atoms with Gasteiger partial charge in [-0.3, -0.25) is 4.90 Å². The lowest BCUT2D eigenvalue weighted by molar-refractivity contribution is -0.141. The Bertz CT molecular complexity index is 549. The van der Waals surface area contributed by atoms with Crippen molar-refractivity contribution in [2.45, 2.75) is 51.5 Å². The van der Waals surface area contributed by atoms with Crippen LogP contribution in [0.3, 0.4) is 0 Å². The summed E-state index contributed by atoms with van der Waals surface area (Å²) in [5.74, 6) is -0.243. The molecule has 0 spiro atoms. The normalized spacial score (nSPS) is 27.5. The smallest absolute Gasteiger partial charge is 0.163 e. The summed E-state index contributed by atoms with van der Waals surface area (Å²) >= 11 is 0. The van der Waals surface area contributed by atoms with Crippen molar-refractivity contribution in [3.8, 4) is 5.75 Å². The number of likely N-dealkylation sites (tertiary alicyclic amines) is 1. The third kappa shape index (κ3) is 4.03. The molecule has 2 heterocycles. The maximum Gasteiger partial charge on any atom is 0.163 e. The first-order valence-corrected chi connectivity index (χ1v) is 8.46. The summed E-state index contributed by atoms with van der Waals surface area (Å²) < 4.78 is 31.0. The molecule has 2 unspecified atom stereocenters. The Morgan fingerprint density at radius 3 is 2.87 bits per heavy atom. The minimum atomic E-state index is -0.563. The van der Waals surface area contributed by atoms with Crippen LogP contribution >= 0.6 is 0 Å². The highest BCUT2D eigenvalue weighted by Gasteiger charge is 2.33. The Morgan fingerprint density at radius 2 is 2.17 bits per heavy atom. The van der Waals surface area contributed by atoms with Crippen LogP contribution in [0.2, 0.25) is 0 Å². The minimum Gasteiger partial charge on any atom is -0.491 e. The lowest BCUT2D eigenvalue weighted by Gasteiger charge is -2.23. The predicted molar refractivity (Wildman–Crippen MR) is 86.0 cm³/mol. The second-order valence-corrected chi connectivity index (χ2v) is 6.77. The van der Waals surface area contributed by atoms with E-state index in [2.05, 4.69) is 11.8 Å². The van der Waals surface area contributed by atoms with Gasteiger partial charge in [0.15, 0.2) is 5.79 Å². The molecular weight excluding hydrogens is 297 g/mol. The van der Waals surface area contributed by atoms with E-state index in [0.717, 1.165) is 31.5 Å². The van der Waals surface area contributed by atoms with Crippen molar-refractivity contribution in [3.05, 3.63) is 29.6 Å². The van der Waals surface area contributed by atoms with Crippen LogP contribution in [0.5, 0.6) is 5.75 Å². The standard InChI is InChI=1S/C18H26FNO3/c1-4-20-7-5-6-17(20)13-8-14(19)10-15(9-13)21-11-16-12-22-18(2,3)23-16/h8-10,16-17H,4-7,11-12H2,1-3H3. The number of nitrogens with zero attached hydrogens (tertiary/aromatic N) is 1. The van der Waals surface area contributed by atoms with Crippen molar-refractivity contribution in [2.24, 2.45) is 0 Å². The van der Waals surface area contributed by atoms with Gasteiger partial charge < -0.3 is 14.2 Å². The van der Waals surface area contributed by atoms with Crippen molar-refractivity contribution in [1.29, 1.82) is 0 Å². The Morgan fingerprint density at radius 1 is 1.35 bits per heavy atom. The summed E-state index contributed by atoms with van der Waals surface area (Å²) in [4.78, 5) is 2.38. The van der Waals surface area contributed by atoms with E-state index in [1.807, 2.05) is 19.9 Å². The number of halogens is 1. The molecule has 0 amide bonds. The maximum atomic E-state index is 14.0. The molecule has 3 rings (SSSR count). The average molecular weight is 323 g/mol. The first kappa shape index (κ1) is 16.7. The zero-order chi connectivity index (χ0) is 16.4. The van der Waals surface area contributed by atoms with E-state index in [1.165, 1.54) is 6.07 Å². The molecule has 2 aliphatic rings. The SMILES string of the molecule is CCN1CCCC1c1cc(F)cc(OCC2COC(C)(C)O2)c1. The van der Waals surface area contributed by atoms with Gasteiger partial charge in [0.25, 0.3) is 0 Å². The first-order chi connectivity index (χ1) is 11.0. The molecule has 0 aliphatic carbocycles. The second-order valence-electron chi connectivity index (χ2n) is 6.77. The summed E-state index contributed by atoms with van der Waals surface area (Å²) in [6.07, 6.45) is 2.12. The molecule has 4 nitrogen and oxygen atoms in total. The molecule has 0 saturated carbocycles. The molecule has 1 aromatic rings. The molecule has 0 N–H and O–H groups in total. The fourth-order valence-electron chi connectivity index (χ4n) is 3.48. The molecule has 0 aromatic heterocycles. The lowest BCUT2D eigenvalue weighted by Crippen LogP contribution is -2.25. The highest BCUT2D eigenvalue weighted by molar-refractivity contribution is 5.32. The third-order valence-electron chi connectivity index (χ3n) is 4.55. The fraction of sp³-hybridized carbons (Fsp3) is 0.667. The number of benzene rings is 1. The van der Waals surface area contributed by atoms with Crippen LogP contribution in [-0.4, -0.2) is 43.1 Å². The van der Waals surface area contributed by atoms with E-state index in [9.17, 15) is 4.39 Å². The zero-order valence-electron chi connectivity index (χ0n) is 14.2. The van der Waals surface area contributed by atoms with E-state index in [0.29, 0.717) is 25.0 Å². The van der Waals surface area contributed by atoms with Gasteiger partial charge in [0.1, 0.15) is 24.3 Å². The van der Waals surface area contributed by atoms with E-state index in [1.54, 1.807) is 6.07 Å². The Labute approximate surface area is 137 Å². The molecule has 23 heavy (non-hydrogen) atoms. The maximum absolute atomic E-state index is 14.0. The number of hydrogen-bond donors (Lipinski definition) is 0. The van der Waals surface area contributed by atoms with Gasteiger partial charge in [-0.05, 0) is 57.5 Å². The first-order valence-electron chi connectivity index (χ1n) is 8.46. The summed E-state index contributed by atoms with van der Waals surface area (Å²) in [5, 5.41) is 0. The van der Waals surface area contributed by atoms with Crippen molar-refractivity contribution < 1.29 is 18.6 Å². The summed E-state index contributed by atoms with van der Waals surface area (Å²) in [6, 6.07) is 5.32. The van der Waals surface area contributed by atoms with Gasteiger partial charge >= 0.3 is 0 Å². The Kier molecular flexibility index (Phi) is 4.90. The second kappa shape index (κ2) is 6.75. The molecule has 2 saturated heterocycles. The Balaban J connectivity index is 1.66. The van der Waals surface area contributed by atoms with Gasteiger partial charge in [0.2, 0.25) is 0 Å². The summed E-state index contributed by atoms with van der Waals surface area (Å²) in [7, 11) is 0. The lowest BCUT2D eigenvalue weighted by atomic mass is 10.0. The summed E-state index contributed by atoms with van der Waals surface area (Å²) in [5.41, 5.74) is 1.00. The van der Waals surface area contributed by atoms with Crippen molar-refractivity contribution in [2.75, 3.05) is 26.3 Å². The van der Waals surface area contributed by atoms with E-state index >= 15 is 0 Å². The molecule has 128 valence electrons. The molecule has 2 atom stereocenters. The number of rotatable bonds is 5. The van der Waals surface area contributed by atoms with Crippen molar-refractivity contribution >= 4 is 0 Å². The molecule has 2 fully saturated rings. The van der Waals surface area contributed by atoms with Gasteiger partial charge in [-0.15, -0.1) is 0 Å². The highest BCUT2D eigenvalue weighted by Crippen LogP contribution is 2.34. The van der Waals surface area contributed by atoms with Crippen molar-refractivity contribution in [3.63, 3.8) is 0 Å². The van der Waals surface area contributed by atoms with Gasteiger partial charge in [0.05, 0.1) is 6.61 Å². The quantitative estimate of drug-likeness (QED) is 0.830. The van der Waals surface area contributed by atoms with Crippen LogP contribution in [0.4, 0.5) is 4.39 Å². The number of hydrogen-bond acceptors (Lipinski definition) is 4. The van der Waals surface area contributed by atoms with Crippen LogP contribution in [0.25, 0.3) is 0 Å². The summed E-state index contributed by atoms with van der Waals surface area (Å²) in [6.45, 7) is 8.85. The third-order valence-corrected chi connectivity index (χ3v) is 4.55. The molecule has 0 bridgehead atoms. The largest absolute Gasteiger partial charge is 0.491 e. The van der Waals surface area contributed by atoms with E-state index in [4.69, 9.17) is 14.2 Å². The van der Waals surface area contributed by atoms with Crippen LogP contribution in [0.15, 0.2) is 18.2 Å². The van der Waals surface area contributed by atoms with Gasteiger partial charge in [-0.25, -0.2) is 4.39 Å². The van der Waals surface area contributed by atoms with Crippen LogP contribution < -0.4 is 4.74 Å². The van der Waals surface area contributed by atoms with Gasteiger partial charge in [-0.1, -0.05) is 6.92 Å². The number of ether oxygens (including phenoxy) is 3. The van der Waals surface area contributed by atoms with E-state index < -0.39 is 5.79 Å². The minimum absolute atomic E-state index is 0.115.